The molecule has 0 aliphatic carbocycles. The molecule has 1 heterocycles. The van der Waals surface area contributed by atoms with Gasteiger partial charge in [-0.1, -0.05) is 23.7 Å². The Morgan fingerprint density at radius 3 is 2.44 bits per heavy atom. The van der Waals surface area contributed by atoms with Crippen molar-refractivity contribution in [1.82, 2.24) is 5.32 Å². The zero-order chi connectivity index (χ0) is 11.9. The van der Waals surface area contributed by atoms with Crippen LogP contribution in [0.5, 0.6) is 0 Å². The van der Waals surface area contributed by atoms with Crippen molar-refractivity contribution in [3.05, 3.63) is 34.3 Å². The number of alkyl halides is 1. The predicted molar refractivity (Wildman–Crippen MR) is 61.7 cm³/mol. The molecule has 0 saturated carbocycles. The van der Waals surface area contributed by atoms with Gasteiger partial charge in [-0.15, -0.1) is 11.6 Å². The lowest BCUT2D eigenvalue weighted by atomic mass is 9.96. The van der Waals surface area contributed by atoms with E-state index >= 15 is 0 Å². The molecule has 1 aliphatic rings. The molecule has 1 aliphatic heterocycles. The van der Waals surface area contributed by atoms with E-state index < -0.39 is 17.2 Å². The zero-order valence-electron chi connectivity index (χ0n) is 8.46. The lowest BCUT2D eigenvalue weighted by molar-refractivity contribution is -0.125. The topological polar surface area (TPSA) is 46.2 Å². The molecule has 16 heavy (non-hydrogen) atoms. The van der Waals surface area contributed by atoms with Crippen molar-refractivity contribution in [3.8, 4) is 0 Å². The Kier molecular flexibility index (Phi) is 2.91. The van der Waals surface area contributed by atoms with Gasteiger partial charge in [0.15, 0.2) is 0 Å². The largest absolute Gasteiger partial charge is 0.295 e. The summed E-state index contributed by atoms with van der Waals surface area (Å²) in [4.78, 5) is 22.8. The molecule has 84 valence electrons. The fourth-order valence-electron chi connectivity index (χ4n) is 1.68. The Morgan fingerprint density at radius 1 is 1.25 bits per heavy atom. The quantitative estimate of drug-likeness (QED) is 0.618. The number of benzene rings is 1. The first-order valence-electron chi connectivity index (χ1n) is 4.75. The third-order valence-electron chi connectivity index (χ3n) is 2.63. The molecule has 1 saturated heterocycles. The molecule has 3 nitrogen and oxygen atoms in total. The number of aryl methyl sites for hydroxylation is 1. The fourth-order valence-corrected chi connectivity index (χ4v) is 2.18. The maximum Gasteiger partial charge on any atom is 0.245 e. The summed E-state index contributed by atoms with van der Waals surface area (Å²) in [6.07, 6.45) is 0. The molecule has 1 aromatic carbocycles. The van der Waals surface area contributed by atoms with Gasteiger partial charge in [-0.25, -0.2) is 0 Å². The van der Waals surface area contributed by atoms with Gasteiger partial charge < -0.3 is 0 Å². The molecule has 0 spiro atoms. The number of nitrogens with one attached hydrogen (secondary N) is 1. The van der Waals surface area contributed by atoms with Crippen LogP contribution in [0.2, 0.25) is 5.02 Å². The van der Waals surface area contributed by atoms with Crippen LogP contribution in [0.1, 0.15) is 17.0 Å². The van der Waals surface area contributed by atoms with Crippen molar-refractivity contribution >= 4 is 35.0 Å². The third kappa shape index (κ3) is 1.81. The first-order valence-corrected chi connectivity index (χ1v) is 5.57. The molecule has 1 aromatic rings. The van der Waals surface area contributed by atoms with Crippen molar-refractivity contribution in [3.63, 3.8) is 0 Å². The van der Waals surface area contributed by atoms with Gasteiger partial charge in [0, 0.05) is 5.02 Å². The van der Waals surface area contributed by atoms with Gasteiger partial charge in [0.1, 0.15) is 5.38 Å². The summed E-state index contributed by atoms with van der Waals surface area (Å²) in [6, 6.07) is 5.24. The van der Waals surface area contributed by atoms with Crippen molar-refractivity contribution in [2.45, 2.75) is 18.2 Å². The molecule has 2 unspecified atom stereocenters. The number of imide groups is 1. The number of hydrogen-bond acceptors (Lipinski definition) is 2. The molecule has 2 amide bonds. The molecular formula is C11H9Cl2NO2. The van der Waals surface area contributed by atoms with Crippen LogP contribution >= 0.6 is 23.2 Å². The van der Waals surface area contributed by atoms with Gasteiger partial charge in [-0.2, -0.15) is 0 Å². The fraction of sp³-hybridized carbons (Fsp3) is 0.273. The Hall–Kier alpha value is -1.06. The maximum absolute atomic E-state index is 11.5. The summed E-state index contributed by atoms with van der Waals surface area (Å²) in [7, 11) is 0. The second kappa shape index (κ2) is 4.07. The van der Waals surface area contributed by atoms with E-state index in [1.54, 1.807) is 18.2 Å². The van der Waals surface area contributed by atoms with E-state index in [2.05, 4.69) is 5.32 Å². The van der Waals surface area contributed by atoms with Gasteiger partial charge in [0.2, 0.25) is 11.8 Å². The summed E-state index contributed by atoms with van der Waals surface area (Å²) in [5.41, 5.74) is 1.58. The highest BCUT2D eigenvalue weighted by Crippen LogP contribution is 2.31. The zero-order valence-corrected chi connectivity index (χ0v) is 9.97. The number of carbonyl (C=O) groups is 2. The minimum absolute atomic E-state index is 0.370. The number of amides is 2. The average Bonchev–Trinajstić information content (AvgIpc) is 2.47. The van der Waals surface area contributed by atoms with Crippen LogP contribution < -0.4 is 5.32 Å². The van der Waals surface area contributed by atoms with Gasteiger partial charge in [-0.3, -0.25) is 14.9 Å². The highest BCUT2D eigenvalue weighted by Gasteiger charge is 2.41. The highest BCUT2D eigenvalue weighted by molar-refractivity contribution is 6.37. The predicted octanol–water partition coefficient (Wildman–Crippen LogP) is 2.00. The van der Waals surface area contributed by atoms with Crippen LogP contribution in [-0.4, -0.2) is 17.2 Å². The summed E-state index contributed by atoms with van der Waals surface area (Å²) in [6.45, 7) is 1.87. The lowest BCUT2D eigenvalue weighted by Gasteiger charge is -2.11. The summed E-state index contributed by atoms with van der Waals surface area (Å²) in [5.74, 6) is -1.47. The first-order chi connectivity index (χ1) is 7.50. The van der Waals surface area contributed by atoms with Crippen LogP contribution in [0.3, 0.4) is 0 Å². The summed E-state index contributed by atoms with van der Waals surface area (Å²) >= 11 is 11.8. The lowest BCUT2D eigenvalue weighted by Crippen LogP contribution is -2.22. The normalized spacial score (nSPS) is 24.7. The third-order valence-corrected chi connectivity index (χ3v) is 3.48. The van der Waals surface area contributed by atoms with Gasteiger partial charge in [0.05, 0.1) is 5.92 Å². The Morgan fingerprint density at radius 2 is 1.94 bits per heavy atom. The maximum atomic E-state index is 11.5. The van der Waals surface area contributed by atoms with E-state index in [4.69, 9.17) is 23.2 Å². The van der Waals surface area contributed by atoms with E-state index in [-0.39, 0.29) is 5.91 Å². The van der Waals surface area contributed by atoms with Crippen molar-refractivity contribution < 1.29 is 9.59 Å². The highest BCUT2D eigenvalue weighted by atomic mass is 35.5. The first kappa shape index (κ1) is 11.4. The van der Waals surface area contributed by atoms with E-state index in [0.29, 0.717) is 10.6 Å². The van der Waals surface area contributed by atoms with Crippen LogP contribution in [0.4, 0.5) is 0 Å². The summed E-state index contributed by atoms with van der Waals surface area (Å²) < 4.78 is 0. The minimum Gasteiger partial charge on any atom is -0.295 e. The van der Waals surface area contributed by atoms with Crippen LogP contribution in [0.15, 0.2) is 18.2 Å². The molecule has 0 radical (unpaired) electrons. The Bertz CT molecular complexity index is 473. The average molecular weight is 258 g/mol. The van der Waals surface area contributed by atoms with Gasteiger partial charge in [0.25, 0.3) is 0 Å². The summed E-state index contributed by atoms with van der Waals surface area (Å²) in [5, 5.41) is 1.90. The molecule has 2 rings (SSSR count). The second-order valence-corrected chi connectivity index (χ2v) is 4.62. The van der Waals surface area contributed by atoms with E-state index in [1.165, 1.54) is 0 Å². The Balaban J connectivity index is 2.40. The SMILES string of the molecule is Cc1ccc(C2C(=O)NC(=O)C2Cl)cc1Cl. The second-order valence-electron chi connectivity index (χ2n) is 3.74. The van der Waals surface area contributed by atoms with Crippen molar-refractivity contribution in [2.75, 3.05) is 0 Å². The van der Waals surface area contributed by atoms with Crippen molar-refractivity contribution in [2.24, 2.45) is 0 Å². The number of rotatable bonds is 1. The number of halogens is 2. The van der Waals surface area contributed by atoms with Gasteiger partial charge >= 0.3 is 0 Å². The Labute approximate surface area is 103 Å². The molecule has 1 fully saturated rings. The van der Waals surface area contributed by atoms with E-state index in [0.717, 1.165) is 5.56 Å². The molecule has 5 heteroatoms. The van der Waals surface area contributed by atoms with Crippen LogP contribution in [0, 0.1) is 6.92 Å². The van der Waals surface area contributed by atoms with Gasteiger partial charge in [-0.05, 0) is 24.1 Å². The smallest absolute Gasteiger partial charge is 0.245 e. The monoisotopic (exact) mass is 257 g/mol. The van der Waals surface area contributed by atoms with E-state index in [1.807, 2.05) is 6.92 Å². The van der Waals surface area contributed by atoms with Crippen molar-refractivity contribution in [1.29, 1.82) is 0 Å². The molecule has 2 atom stereocenters. The number of hydrogen-bond donors (Lipinski definition) is 1. The number of carbonyl (C=O) groups excluding carboxylic acids is 2. The van der Waals surface area contributed by atoms with E-state index in [9.17, 15) is 9.59 Å². The minimum atomic E-state index is -0.855. The molecular weight excluding hydrogens is 249 g/mol. The van der Waals surface area contributed by atoms with Crippen LogP contribution in [-0.2, 0) is 9.59 Å². The molecule has 0 bridgehead atoms. The standard InChI is InChI=1S/C11H9Cl2NO2/c1-5-2-3-6(4-7(5)12)8-9(13)11(16)14-10(8)15/h2-4,8-9H,1H3,(H,14,15,16). The molecule has 1 N–H and O–H groups in total. The molecule has 0 aromatic heterocycles. The van der Waals surface area contributed by atoms with Crippen LogP contribution in [0.25, 0.3) is 0 Å².